The average molecular weight is 226 g/mol. The summed E-state index contributed by atoms with van der Waals surface area (Å²) < 4.78 is 0. The molecule has 1 aromatic rings. The molecule has 0 fully saturated rings. The molecule has 0 amide bonds. The van der Waals surface area contributed by atoms with Crippen LogP contribution in [0.3, 0.4) is 0 Å². The molecule has 0 saturated heterocycles. The Hall–Kier alpha value is -0.780. The molecule has 0 radical (unpaired) electrons. The van der Waals surface area contributed by atoms with Gasteiger partial charge in [0.2, 0.25) is 0 Å². The lowest BCUT2D eigenvalue weighted by Crippen LogP contribution is -2.20. The number of anilines is 1. The summed E-state index contributed by atoms with van der Waals surface area (Å²) in [7, 11) is 2.12. The molecule has 0 unspecified atom stereocenters. The van der Waals surface area contributed by atoms with Gasteiger partial charge in [-0.15, -0.1) is 0 Å². The summed E-state index contributed by atoms with van der Waals surface area (Å²) in [5, 5.41) is 0. The van der Waals surface area contributed by atoms with Crippen molar-refractivity contribution in [3.63, 3.8) is 0 Å². The number of hydrogen-bond acceptors (Lipinski definition) is 5. The van der Waals surface area contributed by atoms with Crippen LogP contribution < -0.4 is 11.3 Å². The van der Waals surface area contributed by atoms with E-state index in [1.54, 1.807) is 0 Å². The maximum Gasteiger partial charge on any atom is 0.139 e. The maximum absolute atomic E-state index is 5.24. The highest BCUT2D eigenvalue weighted by molar-refractivity contribution is 7.98. The third-order valence-corrected chi connectivity index (χ3v) is 2.69. The number of nitrogens with zero attached hydrogens (tertiary/aromatic N) is 2. The zero-order valence-corrected chi connectivity index (χ0v) is 10.0. The minimum Gasteiger partial charge on any atom is -0.308 e. The monoisotopic (exact) mass is 226 g/mol. The molecule has 0 bridgehead atoms. The Balaban J connectivity index is 2.42. The van der Waals surface area contributed by atoms with E-state index in [2.05, 4.69) is 28.6 Å². The van der Waals surface area contributed by atoms with Crippen molar-refractivity contribution in [2.75, 3.05) is 31.0 Å². The van der Waals surface area contributed by atoms with Gasteiger partial charge in [-0.05, 0) is 24.9 Å². The van der Waals surface area contributed by atoms with Gasteiger partial charge in [-0.1, -0.05) is 6.07 Å². The lowest BCUT2D eigenvalue weighted by atomic mass is 10.2. The van der Waals surface area contributed by atoms with E-state index in [4.69, 9.17) is 5.84 Å². The van der Waals surface area contributed by atoms with Gasteiger partial charge in [0.1, 0.15) is 5.82 Å². The normalized spacial score (nSPS) is 10.7. The van der Waals surface area contributed by atoms with Gasteiger partial charge >= 0.3 is 0 Å². The Morgan fingerprint density at radius 3 is 2.87 bits per heavy atom. The second kappa shape index (κ2) is 6.66. The zero-order chi connectivity index (χ0) is 11.1. The first kappa shape index (κ1) is 12.3. The molecule has 1 rings (SSSR count). The number of thioether (sulfide) groups is 1. The van der Waals surface area contributed by atoms with E-state index in [-0.39, 0.29) is 0 Å². The van der Waals surface area contributed by atoms with Crippen LogP contribution in [-0.2, 0) is 6.54 Å². The molecule has 0 atom stereocenters. The van der Waals surface area contributed by atoms with Gasteiger partial charge in [0.25, 0.3) is 0 Å². The minimum atomic E-state index is 0.700. The third kappa shape index (κ3) is 4.51. The predicted molar refractivity (Wildman–Crippen MR) is 66.8 cm³/mol. The average Bonchev–Trinajstić information content (AvgIpc) is 2.27. The second-order valence-corrected chi connectivity index (χ2v) is 4.41. The summed E-state index contributed by atoms with van der Waals surface area (Å²) in [6, 6.07) is 3.93. The number of nitrogen functional groups attached to an aromatic ring is 1. The Bertz CT molecular complexity index is 275. The summed E-state index contributed by atoms with van der Waals surface area (Å²) in [6.07, 6.45) is 3.97. The van der Waals surface area contributed by atoms with Crippen LogP contribution in [-0.4, -0.2) is 35.5 Å². The van der Waals surface area contributed by atoms with Crippen LogP contribution in [0.25, 0.3) is 0 Å². The molecule has 1 heterocycles. The fourth-order valence-corrected chi connectivity index (χ4v) is 1.74. The molecular weight excluding hydrogens is 208 g/mol. The highest BCUT2D eigenvalue weighted by Gasteiger charge is 2.00. The molecule has 15 heavy (non-hydrogen) atoms. The molecule has 3 N–H and O–H groups in total. The summed E-state index contributed by atoms with van der Waals surface area (Å²) in [5.74, 6) is 7.10. The van der Waals surface area contributed by atoms with Crippen molar-refractivity contribution in [3.8, 4) is 0 Å². The van der Waals surface area contributed by atoms with Crippen LogP contribution in [0, 0.1) is 0 Å². The minimum absolute atomic E-state index is 0.700. The first-order chi connectivity index (χ1) is 7.26. The van der Waals surface area contributed by atoms with Gasteiger partial charge in [-0.3, -0.25) is 0 Å². The zero-order valence-electron chi connectivity index (χ0n) is 9.23. The first-order valence-corrected chi connectivity index (χ1v) is 6.24. The fourth-order valence-electron chi connectivity index (χ4n) is 1.24. The lowest BCUT2D eigenvalue weighted by molar-refractivity contribution is 0.348. The van der Waals surface area contributed by atoms with E-state index in [1.165, 1.54) is 5.56 Å². The van der Waals surface area contributed by atoms with Crippen LogP contribution in [0.1, 0.15) is 5.56 Å². The van der Waals surface area contributed by atoms with Crippen LogP contribution in [0.4, 0.5) is 5.82 Å². The van der Waals surface area contributed by atoms with Gasteiger partial charge in [0.05, 0.1) is 0 Å². The number of aromatic nitrogens is 1. The van der Waals surface area contributed by atoms with Crippen LogP contribution >= 0.6 is 11.8 Å². The van der Waals surface area contributed by atoms with Crippen molar-refractivity contribution in [1.29, 1.82) is 0 Å². The molecule has 0 aromatic carbocycles. The smallest absolute Gasteiger partial charge is 0.139 e. The number of pyridine rings is 1. The molecule has 1 aromatic heterocycles. The lowest BCUT2D eigenvalue weighted by Gasteiger charge is -2.15. The van der Waals surface area contributed by atoms with Gasteiger partial charge in [0, 0.05) is 25.0 Å². The quantitative estimate of drug-likeness (QED) is 0.563. The van der Waals surface area contributed by atoms with E-state index >= 15 is 0 Å². The first-order valence-electron chi connectivity index (χ1n) is 4.85. The van der Waals surface area contributed by atoms with Crippen LogP contribution in [0.15, 0.2) is 18.3 Å². The molecule has 0 aliphatic carbocycles. The summed E-state index contributed by atoms with van der Waals surface area (Å²) >= 11 is 1.86. The highest BCUT2D eigenvalue weighted by atomic mass is 32.2. The van der Waals surface area contributed by atoms with E-state index in [0.29, 0.717) is 5.82 Å². The molecule has 5 heteroatoms. The van der Waals surface area contributed by atoms with Crippen molar-refractivity contribution in [2.24, 2.45) is 5.84 Å². The molecule has 4 nitrogen and oxygen atoms in total. The van der Waals surface area contributed by atoms with Crippen molar-refractivity contribution in [1.82, 2.24) is 9.88 Å². The van der Waals surface area contributed by atoms with Crippen molar-refractivity contribution >= 4 is 17.6 Å². The van der Waals surface area contributed by atoms with E-state index in [0.717, 1.165) is 18.8 Å². The Labute approximate surface area is 95.2 Å². The van der Waals surface area contributed by atoms with Crippen LogP contribution in [0.2, 0.25) is 0 Å². The number of nitrogens with one attached hydrogen (secondary N) is 1. The largest absolute Gasteiger partial charge is 0.308 e. The number of rotatable bonds is 6. The second-order valence-electron chi connectivity index (χ2n) is 3.43. The van der Waals surface area contributed by atoms with E-state index in [1.807, 2.05) is 30.1 Å². The molecule has 0 aliphatic rings. The van der Waals surface area contributed by atoms with E-state index in [9.17, 15) is 0 Å². The van der Waals surface area contributed by atoms with Gasteiger partial charge in [-0.25, -0.2) is 10.8 Å². The SMILES string of the molecule is CSCCN(C)Cc1ccc(NN)nc1. The third-order valence-electron chi connectivity index (χ3n) is 2.10. The number of hydrogen-bond donors (Lipinski definition) is 2. The summed E-state index contributed by atoms with van der Waals surface area (Å²) in [6.45, 7) is 2.02. The molecule has 0 spiro atoms. The number of nitrogens with two attached hydrogens (primary N) is 1. The molecule has 84 valence electrons. The van der Waals surface area contributed by atoms with Crippen molar-refractivity contribution in [2.45, 2.75) is 6.54 Å². The van der Waals surface area contributed by atoms with Crippen LogP contribution in [0.5, 0.6) is 0 Å². The van der Waals surface area contributed by atoms with Gasteiger partial charge < -0.3 is 10.3 Å². The highest BCUT2D eigenvalue weighted by Crippen LogP contribution is 2.06. The van der Waals surface area contributed by atoms with E-state index < -0.39 is 0 Å². The Kier molecular flexibility index (Phi) is 5.45. The Morgan fingerprint density at radius 2 is 2.33 bits per heavy atom. The molecular formula is C10H18N4S. The topological polar surface area (TPSA) is 54.2 Å². The van der Waals surface area contributed by atoms with Crippen molar-refractivity contribution in [3.05, 3.63) is 23.9 Å². The Morgan fingerprint density at radius 1 is 1.53 bits per heavy atom. The molecule has 0 aliphatic heterocycles. The summed E-state index contributed by atoms with van der Waals surface area (Å²) in [5.41, 5.74) is 3.72. The van der Waals surface area contributed by atoms with Crippen molar-refractivity contribution < 1.29 is 0 Å². The predicted octanol–water partition coefficient (Wildman–Crippen LogP) is 1.16. The fraction of sp³-hybridized carbons (Fsp3) is 0.500. The summed E-state index contributed by atoms with van der Waals surface area (Å²) in [4.78, 5) is 6.44. The molecule has 0 saturated carbocycles. The number of hydrazine groups is 1. The van der Waals surface area contributed by atoms with Gasteiger partial charge in [-0.2, -0.15) is 11.8 Å². The van der Waals surface area contributed by atoms with Gasteiger partial charge in [0.15, 0.2) is 0 Å². The standard InChI is InChI=1S/C10H18N4S/c1-14(5-6-15-2)8-9-3-4-10(13-11)12-7-9/h3-4,7H,5-6,8,11H2,1-2H3,(H,12,13). The maximum atomic E-state index is 5.24.